The first kappa shape index (κ1) is 24.8. The number of esters is 1. The van der Waals surface area contributed by atoms with Gasteiger partial charge in [0.25, 0.3) is 0 Å². The van der Waals surface area contributed by atoms with Crippen LogP contribution in [0.4, 0.5) is 10.6 Å². The third-order valence-corrected chi connectivity index (χ3v) is 5.67. The van der Waals surface area contributed by atoms with Crippen molar-refractivity contribution in [1.82, 2.24) is 15.3 Å². The lowest BCUT2D eigenvalue weighted by atomic mass is 9.85. The van der Waals surface area contributed by atoms with Gasteiger partial charge in [-0.05, 0) is 49.2 Å². The third-order valence-electron chi connectivity index (χ3n) is 5.29. The molecule has 0 saturated carbocycles. The molecule has 0 fully saturated rings. The number of anilines is 1. The van der Waals surface area contributed by atoms with Crippen LogP contribution in [0.5, 0.6) is 5.75 Å². The molecule has 1 amide bonds. The summed E-state index contributed by atoms with van der Waals surface area (Å²) in [5.41, 5.74) is -0.369. The molecule has 0 spiro atoms. The Balaban J connectivity index is 1.81. The van der Waals surface area contributed by atoms with Gasteiger partial charge >= 0.3 is 12.1 Å². The number of nitrogens with one attached hydrogen (secondary N) is 2. The van der Waals surface area contributed by atoms with Crippen LogP contribution in [0.3, 0.4) is 0 Å². The van der Waals surface area contributed by atoms with Crippen molar-refractivity contribution in [2.24, 2.45) is 0 Å². The average molecular weight is 521 g/mol. The minimum atomic E-state index is -0.720. The van der Waals surface area contributed by atoms with Crippen LogP contribution in [0, 0.1) is 0 Å². The number of benzene rings is 1. The lowest BCUT2D eigenvalue weighted by molar-refractivity contribution is 0.0231. The second-order valence-electron chi connectivity index (χ2n) is 8.70. The van der Waals surface area contributed by atoms with Gasteiger partial charge in [-0.2, -0.15) is 0 Å². The predicted molar refractivity (Wildman–Crippen MR) is 126 cm³/mol. The van der Waals surface area contributed by atoms with Gasteiger partial charge in [-0.3, -0.25) is 0 Å². The summed E-state index contributed by atoms with van der Waals surface area (Å²) >= 11 is 3.22. The van der Waals surface area contributed by atoms with Crippen molar-refractivity contribution in [1.29, 1.82) is 0 Å². The first-order valence-electron chi connectivity index (χ1n) is 10.7. The summed E-state index contributed by atoms with van der Waals surface area (Å²) < 4.78 is 17.1. The number of para-hydroxylation sites is 1. The second-order valence-corrected chi connectivity index (χ2v) is 9.51. The molecule has 1 unspecified atom stereocenters. The van der Waals surface area contributed by atoms with Crippen molar-refractivity contribution < 1.29 is 23.8 Å². The van der Waals surface area contributed by atoms with E-state index in [0.29, 0.717) is 29.8 Å². The quantitative estimate of drug-likeness (QED) is 0.508. The Morgan fingerprint density at radius 1 is 1.27 bits per heavy atom. The highest BCUT2D eigenvalue weighted by atomic mass is 79.9. The maximum atomic E-state index is 12.6. The van der Waals surface area contributed by atoms with Crippen LogP contribution in [0.25, 0.3) is 0 Å². The fraction of sp³-hybridized carbons (Fsp3) is 0.478. The molecule has 3 rings (SSSR count). The molecule has 0 saturated heterocycles. The van der Waals surface area contributed by atoms with Gasteiger partial charge in [0.15, 0.2) is 11.5 Å². The van der Waals surface area contributed by atoms with E-state index in [9.17, 15) is 9.59 Å². The number of amides is 1. The molecule has 0 bridgehead atoms. The van der Waals surface area contributed by atoms with E-state index in [4.69, 9.17) is 14.2 Å². The van der Waals surface area contributed by atoms with Gasteiger partial charge in [0.05, 0.1) is 13.3 Å². The van der Waals surface area contributed by atoms with Crippen LogP contribution in [0.2, 0.25) is 0 Å². The molecule has 10 heteroatoms. The Bertz CT molecular complexity index is 1030. The fourth-order valence-corrected chi connectivity index (χ4v) is 4.06. The lowest BCUT2D eigenvalue weighted by Crippen LogP contribution is -2.48. The number of alkyl carbamates (subject to hydrolysis) is 1. The number of ether oxygens (including phenoxy) is 3. The van der Waals surface area contributed by atoms with E-state index in [1.165, 1.54) is 13.3 Å². The van der Waals surface area contributed by atoms with E-state index in [-0.39, 0.29) is 5.69 Å². The summed E-state index contributed by atoms with van der Waals surface area (Å²) in [4.78, 5) is 33.1. The Kier molecular flexibility index (Phi) is 7.46. The minimum Gasteiger partial charge on any atom is -0.484 e. The summed E-state index contributed by atoms with van der Waals surface area (Å²) in [6.45, 7) is 7.88. The number of carbonyl (C=O) groups excluding carboxylic acids is 2. The number of hydrogen-bond acceptors (Lipinski definition) is 8. The summed E-state index contributed by atoms with van der Waals surface area (Å²) in [6, 6.07) is 7.23. The Morgan fingerprint density at radius 2 is 2.00 bits per heavy atom. The molecular formula is C23H29BrN4O5. The molecule has 2 aromatic rings. The Morgan fingerprint density at radius 3 is 2.67 bits per heavy atom. The van der Waals surface area contributed by atoms with Gasteiger partial charge in [-0.1, -0.05) is 25.1 Å². The standard InChI is InChI=1S/C23H29BrN4O5/c1-6-23(11-12-25-19-17(20(29)31-5)27-16(24)13-26-19)18(28-21(30)33-22(2,3)4)14-9-7-8-10-15(14)32-23/h7-10,13,18H,6,11-12H2,1-5H3,(H,25,26)(H,28,30)/t18-,23?/m1/s1. The molecule has 1 aromatic carbocycles. The molecule has 1 aromatic heterocycles. The molecule has 2 N–H and O–H groups in total. The molecule has 2 heterocycles. The molecule has 2 atom stereocenters. The summed E-state index contributed by atoms with van der Waals surface area (Å²) in [5, 5.41) is 6.17. The summed E-state index contributed by atoms with van der Waals surface area (Å²) in [5.74, 6) is 0.438. The monoisotopic (exact) mass is 520 g/mol. The average Bonchev–Trinajstić information content (AvgIpc) is 3.06. The second kappa shape index (κ2) is 9.94. The first-order chi connectivity index (χ1) is 15.6. The first-order valence-corrected chi connectivity index (χ1v) is 11.5. The van der Waals surface area contributed by atoms with Crippen molar-refractivity contribution in [3.05, 3.63) is 46.3 Å². The number of aromatic nitrogens is 2. The highest BCUT2D eigenvalue weighted by Crippen LogP contribution is 2.46. The van der Waals surface area contributed by atoms with Gasteiger partial charge in [-0.15, -0.1) is 0 Å². The maximum Gasteiger partial charge on any atom is 0.408 e. The van der Waals surface area contributed by atoms with Crippen LogP contribution >= 0.6 is 15.9 Å². The van der Waals surface area contributed by atoms with E-state index < -0.39 is 29.3 Å². The summed E-state index contributed by atoms with van der Waals surface area (Å²) in [7, 11) is 1.29. The number of fused-ring (bicyclic) bond motifs is 1. The molecule has 0 aliphatic carbocycles. The molecule has 178 valence electrons. The van der Waals surface area contributed by atoms with Crippen LogP contribution in [-0.2, 0) is 9.47 Å². The van der Waals surface area contributed by atoms with E-state index >= 15 is 0 Å². The van der Waals surface area contributed by atoms with Crippen molar-refractivity contribution >= 4 is 33.8 Å². The Hall–Kier alpha value is -2.88. The van der Waals surface area contributed by atoms with Crippen LogP contribution in [0.15, 0.2) is 35.1 Å². The number of halogens is 1. The van der Waals surface area contributed by atoms with Crippen LogP contribution < -0.4 is 15.4 Å². The molecule has 9 nitrogen and oxygen atoms in total. The zero-order valence-electron chi connectivity index (χ0n) is 19.4. The molecular weight excluding hydrogens is 492 g/mol. The molecule has 1 aliphatic heterocycles. The van der Waals surface area contributed by atoms with E-state index in [0.717, 1.165) is 11.3 Å². The number of hydrogen-bond donors (Lipinski definition) is 2. The topological polar surface area (TPSA) is 112 Å². The fourth-order valence-electron chi connectivity index (χ4n) is 3.78. The largest absolute Gasteiger partial charge is 0.484 e. The summed E-state index contributed by atoms with van der Waals surface area (Å²) in [6.07, 6.45) is 2.13. The highest BCUT2D eigenvalue weighted by molar-refractivity contribution is 9.10. The Labute approximate surface area is 201 Å². The van der Waals surface area contributed by atoms with Crippen molar-refractivity contribution in [2.75, 3.05) is 19.0 Å². The molecule has 0 radical (unpaired) electrons. The maximum absolute atomic E-state index is 12.6. The highest BCUT2D eigenvalue weighted by Gasteiger charge is 2.48. The molecule has 33 heavy (non-hydrogen) atoms. The van der Waals surface area contributed by atoms with Crippen LogP contribution in [-0.4, -0.2) is 46.9 Å². The van der Waals surface area contributed by atoms with Crippen molar-refractivity contribution in [3.8, 4) is 5.75 Å². The molecule has 1 aliphatic rings. The van der Waals surface area contributed by atoms with Crippen LogP contribution in [0.1, 0.15) is 62.6 Å². The lowest BCUT2D eigenvalue weighted by Gasteiger charge is -2.35. The van der Waals surface area contributed by atoms with E-state index in [1.54, 1.807) is 0 Å². The predicted octanol–water partition coefficient (Wildman–Crippen LogP) is 4.63. The third kappa shape index (κ3) is 5.73. The van der Waals surface area contributed by atoms with E-state index in [1.807, 2.05) is 52.0 Å². The normalized spacial score (nSPS) is 19.3. The van der Waals surface area contributed by atoms with Gasteiger partial charge in [0, 0.05) is 18.5 Å². The van der Waals surface area contributed by atoms with E-state index in [2.05, 4.69) is 36.5 Å². The number of rotatable bonds is 7. The SMILES string of the molecule is CCC1(CCNc2ncc(Br)nc2C(=O)OC)Oc2ccccc2[C@H]1NC(=O)OC(C)(C)C. The van der Waals surface area contributed by atoms with Gasteiger partial charge in [-0.25, -0.2) is 19.6 Å². The number of methoxy groups -OCH3 is 1. The van der Waals surface area contributed by atoms with Gasteiger partial charge in [0.2, 0.25) is 0 Å². The smallest absolute Gasteiger partial charge is 0.408 e. The van der Waals surface area contributed by atoms with Crippen molar-refractivity contribution in [2.45, 2.75) is 57.8 Å². The number of carbonyl (C=O) groups is 2. The minimum absolute atomic E-state index is 0.0801. The van der Waals surface area contributed by atoms with Crippen molar-refractivity contribution in [3.63, 3.8) is 0 Å². The van der Waals surface area contributed by atoms with Gasteiger partial charge < -0.3 is 24.8 Å². The van der Waals surface area contributed by atoms with Gasteiger partial charge in [0.1, 0.15) is 27.6 Å². The number of nitrogens with zero attached hydrogens (tertiary/aromatic N) is 2. The zero-order chi connectivity index (χ0) is 24.2. The zero-order valence-corrected chi connectivity index (χ0v) is 21.0.